The molecular weight excluding hydrogens is 340 g/mol. The summed E-state index contributed by atoms with van der Waals surface area (Å²) in [5.74, 6) is -0.171. The van der Waals surface area contributed by atoms with Crippen LogP contribution in [0.15, 0.2) is 18.2 Å². The third-order valence-corrected chi connectivity index (χ3v) is 6.67. The molecule has 142 valence electrons. The lowest BCUT2D eigenvalue weighted by Crippen LogP contribution is -2.42. The van der Waals surface area contributed by atoms with Gasteiger partial charge in [0.2, 0.25) is 5.91 Å². The first-order valence-electron chi connectivity index (χ1n) is 10.1. The normalized spacial score (nSPS) is 25.0. The van der Waals surface area contributed by atoms with Crippen LogP contribution in [0.2, 0.25) is 0 Å². The van der Waals surface area contributed by atoms with Gasteiger partial charge in [0.15, 0.2) is 0 Å². The van der Waals surface area contributed by atoms with Crippen LogP contribution in [0.3, 0.4) is 0 Å². The molecule has 0 radical (unpaired) electrons. The number of para-hydroxylation sites is 1. The van der Waals surface area contributed by atoms with Crippen LogP contribution in [0, 0.1) is 0 Å². The topological polar surface area (TPSA) is 82.4 Å². The van der Waals surface area contributed by atoms with E-state index in [2.05, 4.69) is 16.0 Å². The smallest absolute Gasteiger partial charge is 0.256 e. The van der Waals surface area contributed by atoms with Crippen molar-refractivity contribution in [3.8, 4) is 0 Å². The van der Waals surface area contributed by atoms with Gasteiger partial charge in [0.1, 0.15) is 0 Å². The van der Waals surface area contributed by atoms with Gasteiger partial charge in [-0.05, 0) is 50.2 Å². The number of nitrogens with two attached hydrogens (primary N) is 1. The monoisotopic (exact) mass is 366 g/mol. The summed E-state index contributed by atoms with van der Waals surface area (Å²) in [7, 11) is 0. The second-order valence-electron chi connectivity index (χ2n) is 8.16. The fourth-order valence-electron chi connectivity index (χ4n) is 5.49. The Morgan fingerprint density at radius 3 is 2.78 bits per heavy atom. The lowest BCUT2D eigenvalue weighted by molar-refractivity contribution is -0.119. The largest absolute Gasteiger partial charge is 0.369 e. The predicted octanol–water partition coefficient (Wildman–Crippen LogP) is 1.82. The van der Waals surface area contributed by atoms with Crippen molar-refractivity contribution in [2.45, 2.75) is 50.6 Å². The van der Waals surface area contributed by atoms with Crippen molar-refractivity contribution >= 4 is 22.7 Å². The Morgan fingerprint density at radius 2 is 1.93 bits per heavy atom. The minimum Gasteiger partial charge on any atom is -0.369 e. The molecule has 2 fully saturated rings. The van der Waals surface area contributed by atoms with Crippen LogP contribution in [-0.4, -0.2) is 58.3 Å². The molecule has 5 rings (SSSR count). The minimum atomic E-state index is -0.290. The van der Waals surface area contributed by atoms with Crippen molar-refractivity contribution in [1.29, 1.82) is 0 Å². The third kappa shape index (κ3) is 2.65. The van der Waals surface area contributed by atoms with Gasteiger partial charge < -0.3 is 15.6 Å². The number of rotatable bonds is 3. The van der Waals surface area contributed by atoms with Gasteiger partial charge in [-0.3, -0.25) is 14.5 Å². The molecule has 0 spiro atoms. The molecule has 1 aliphatic carbocycles. The van der Waals surface area contributed by atoms with Gasteiger partial charge in [0.25, 0.3) is 5.91 Å². The molecule has 2 aliphatic heterocycles. The first kappa shape index (κ1) is 16.8. The van der Waals surface area contributed by atoms with Gasteiger partial charge in [0.05, 0.1) is 17.6 Å². The van der Waals surface area contributed by atoms with E-state index in [9.17, 15) is 9.59 Å². The fraction of sp³-hybridized carbons (Fsp3) is 0.524. The molecule has 3 N–H and O–H groups in total. The lowest BCUT2D eigenvalue weighted by Gasteiger charge is -2.25. The Labute approximate surface area is 158 Å². The van der Waals surface area contributed by atoms with Crippen molar-refractivity contribution in [1.82, 2.24) is 14.8 Å². The van der Waals surface area contributed by atoms with Crippen LogP contribution in [-0.2, 0) is 17.6 Å². The van der Waals surface area contributed by atoms with Crippen LogP contribution in [0.25, 0.3) is 10.9 Å². The number of carbonyl (C=O) groups excluding carboxylic acids is 2. The predicted molar refractivity (Wildman–Crippen MR) is 104 cm³/mol. The zero-order chi connectivity index (χ0) is 18.5. The molecule has 1 aromatic carbocycles. The zero-order valence-corrected chi connectivity index (χ0v) is 15.5. The van der Waals surface area contributed by atoms with E-state index in [-0.39, 0.29) is 23.9 Å². The number of aromatic nitrogens is 1. The summed E-state index contributed by atoms with van der Waals surface area (Å²) < 4.78 is 0. The van der Waals surface area contributed by atoms with Crippen LogP contribution >= 0.6 is 0 Å². The molecule has 27 heavy (non-hydrogen) atoms. The molecule has 0 unspecified atom stereocenters. The molecule has 3 aliphatic rings. The second kappa shape index (κ2) is 6.37. The van der Waals surface area contributed by atoms with E-state index in [1.165, 1.54) is 29.5 Å². The maximum Gasteiger partial charge on any atom is 0.256 e. The molecule has 2 aromatic rings. The summed E-state index contributed by atoms with van der Waals surface area (Å²) >= 11 is 0. The standard InChI is InChI=1S/C21H26N4O2/c22-19(26)12-24-10-8-18-17(24)9-11-25(18)21(27)15-6-3-5-14-13-4-1-2-7-16(13)23-20(14)15/h3,5-6,17-18,23H,1-2,4,7-12H2,(H2,22,26)/t17-,18-/m0/s1. The third-order valence-electron chi connectivity index (χ3n) is 6.67. The van der Waals surface area contributed by atoms with Crippen molar-refractivity contribution < 1.29 is 9.59 Å². The van der Waals surface area contributed by atoms with Gasteiger partial charge in [-0.25, -0.2) is 0 Å². The molecule has 3 heterocycles. The average molecular weight is 366 g/mol. The SMILES string of the molecule is NC(=O)CN1CC[C@H]2[C@@H]1CCN2C(=O)c1cccc2c3c([nH]c12)CCCC3. The fourth-order valence-corrected chi connectivity index (χ4v) is 5.49. The van der Waals surface area contributed by atoms with Gasteiger partial charge in [-0.2, -0.15) is 0 Å². The molecular formula is C21H26N4O2. The molecule has 6 nitrogen and oxygen atoms in total. The van der Waals surface area contributed by atoms with E-state index in [4.69, 9.17) is 5.73 Å². The molecule has 0 saturated carbocycles. The molecule has 1 aromatic heterocycles. The Kier molecular flexibility index (Phi) is 3.97. The summed E-state index contributed by atoms with van der Waals surface area (Å²) in [6.45, 7) is 1.88. The Morgan fingerprint density at radius 1 is 1.11 bits per heavy atom. The number of hydrogen-bond donors (Lipinski definition) is 2. The highest BCUT2D eigenvalue weighted by atomic mass is 16.2. The van der Waals surface area contributed by atoms with Crippen LogP contribution in [0.5, 0.6) is 0 Å². The number of benzene rings is 1. The highest BCUT2D eigenvalue weighted by molar-refractivity contribution is 6.07. The van der Waals surface area contributed by atoms with Crippen molar-refractivity contribution in [3.05, 3.63) is 35.0 Å². The Hall–Kier alpha value is -2.34. The van der Waals surface area contributed by atoms with Crippen LogP contribution < -0.4 is 5.73 Å². The minimum absolute atomic E-state index is 0.118. The zero-order valence-electron chi connectivity index (χ0n) is 15.5. The number of hydrogen-bond acceptors (Lipinski definition) is 3. The number of aromatic amines is 1. The molecule has 2 amide bonds. The van der Waals surface area contributed by atoms with Crippen LogP contribution in [0.1, 0.15) is 47.3 Å². The van der Waals surface area contributed by atoms with Gasteiger partial charge in [-0.1, -0.05) is 12.1 Å². The van der Waals surface area contributed by atoms with Crippen molar-refractivity contribution in [2.75, 3.05) is 19.6 Å². The molecule has 0 bridgehead atoms. The molecule has 6 heteroatoms. The molecule has 2 atom stereocenters. The number of primary amides is 1. The summed E-state index contributed by atoms with van der Waals surface area (Å²) in [6.07, 6.45) is 6.46. The van der Waals surface area contributed by atoms with Gasteiger partial charge in [0, 0.05) is 36.3 Å². The summed E-state index contributed by atoms with van der Waals surface area (Å²) in [6, 6.07) is 6.56. The van der Waals surface area contributed by atoms with E-state index in [1.807, 2.05) is 17.0 Å². The number of fused-ring (bicyclic) bond motifs is 4. The first-order valence-corrected chi connectivity index (χ1v) is 10.1. The highest BCUT2D eigenvalue weighted by Gasteiger charge is 2.45. The van der Waals surface area contributed by atoms with E-state index in [0.29, 0.717) is 6.54 Å². The quantitative estimate of drug-likeness (QED) is 0.869. The highest BCUT2D eigenvalue weighted by Crippen LogP contribution is 2.35. The average Bonchev–Trinajstić information content (AvgIpc) is 3.34. The number of H-pyrrole nitrogens is 1. The Bertz CT molecular complexity index is 918. The summed E-state index contributed by atoms with van der Waals surface area (Å²) in [5, 5.41) is 1.22. The maximum absolute atomic E-state index is 13.4. The van der Waals surface area contributed by atoms with Crippen molar-refractivity contribution in [3.63, 3.8) is 0 Å². The summed E-state index contributed by atoms with van der Waals surface area (Å²) in [4.78, 5) is 32.5. The van der Waals surface area contributed by atoms with Gasteiger partial charge in [-0.15, -0.1) is 0 Å². The summed E-state index contributed by atoms with van der Waals surface area (Å²) in [5.41, 5.74) is 9.89. The van der Waals surface area contributed by atoms with Crippen molar-refractivity contribution in [2.24, 2.45) is 5.73 Å². The van der Waals surface area contributed by atoms with E-state index < -0.39 is 0 Å². The number of amides is 2. The number of carbonyl (C=O) groups is 2. The second-order valence-corrected chi connectivity index (χ2v) is 8.16. The van der Waals surface area contributed by atoms with E-state index in [0.717, 1.165) is 49.9 Å². The number of nitrogens with zero attached hydrogens (tertiary/aromatic N) is 2. The maximum atomic E-state index is 13.4. The Balaban J connectivity index is 1.45. The molecule has 2 saturated heterocycles. The lowest BCUT2D eigenvalue weighted by atomic mass is 9.95. The number of aryl methyl sites for hydroxylation is 2. The van der Waals surface area contributed by atoms with Crippen LogP contribution in [0.4, 0.5) is 0 Å². The van der Waals surface area contributed by atoms with E-state index in [1.54, 1.807) is 0 Å². The number of likely N-dealkylation sites (tertiary alicyclic amines) is 2. The first-order chi connectivity index (χ1) is 13.1. The van der Waals surface area contributed by atoms with E-state index >= 15 is 0 Å². The van der Waals surface area contributed by atoms with Gasteiger partial charge >= 0.3 is 0 Å². The number of nitrogens with one attached hydrogen (secondary N) is 1.